The highest BCUT2D eigenvalue weighted by Crippen LogP contribution is 2.54. The number of amides is 1. The normalized spacial score (nSPS) is 22.8. The van der Waals surface area contributed by atoms with Gasteiger partial charge in [0.15, 0.2) is 0 Å². The smallest absolute Gasteiger partial charge is 0.304 e. The summed E-state index contributed by atoms with van der Waals surface area (Å²) < 4.78 is 29.3. The first-order chi connectivity index (χ1) is 20.9. The van der Waals surface area contributed by atoms with Gasteiger partial charge >= 0.3 is 5.97 Å². The second-order valence-electron chi connectivity index (χ2n) is 12.0. The first kappa shape index (κ1) is 32.0. The topological polar surface area (TPSA) is 128 Å². The van der Waals surface area contributed by atoms with Gasteiger partial charge < -0.3 is 10.0 Å². The summed E-state index contributed by atoms with van der Waals surface area (Å²) in [7, 11) is -3.85. The van der Waals surface area contributed by atoms with E-state index in [0.29, 0.717) is 21.2 Å². The first-order valence-corrected chi connectivity index (χ1v) is 16.8. The van der Waals surface area contributed by atoms with Crippen LogP contribution in [-0.4, -0.2) is 42.9 Å². The predicted molar refractivity (Wildman–Crippen MR) is 169 cm³/mol. The van der Waals surface area contributed by atoms with Gasteiger partial charge in [0.2, 0.25) is 15.9 Å². The number of carboxylic acid groups (broad SMARTS) is 1. The molecule has 1 aliphatic heterocycles. The maximum Gasteiger partial charge on any atom is 0.304 e. The molecule has 1 saturated heterocycles. The fourth-order valence-corrected chi connectivity index (χ4v) is 7.90. The van der Waals surface area contributed by atoms with E-state index in [1.807, 2.05) is 36.4 Å². The minimum absolute atomic E-state index is 0.0329. The van der Waals surface area contributed by atoms with Crippen molar-refractivity contribution in [1.82, 2.24) is 9.62 Å². The highest BCUT2D eigenvalue weighted by Gasteiger charge is 2.54. The van der Waals surface area contributed by atoms with E-state index in [1.165, 1.54) is 6.07 Å². The van der Waals surface area contributed by atoms with Crippen LogP contribution in [0.25, 0.3) is 0 Å². The third-order valence-electron chi connectivity index (χ3n) is 8.58. The monoisotopic (exact) mass is 653 g/mol. The van der Waals surface area contributed by atoms with Crippen LogP contribution in [0.5, 0.6) is 0 Å². The van der Waals surface area contributed by atoms with Crippen LogP contribution in [0.4, 0.5) is 0 Å². The lowest BCUT2D eigenvalue weighted by Crippen LogP contribution is -2.59. The van der Waals surface area contributed by atoms with Crippen LogP contribution >= 0.6 is 23.2 Å². The predicted octanol–water partition coefficient (Wildman–Crippen LogP) is 6.30. The molecule has 4 unspecified atom stereocenters. The van der Waals surface area contributed by atoms with Crippen molar-refractivity contribution >= 4 is 45.1 Å². The quantitative estimate of drug-likeness (QED) is 0.250. The molecular weight excluding hydrogens is 621 g/mol. The van der Waals surface area contributed by atoms with Crippen molar-refractivity contribution in [2.24, 2.45) is 11.3 Å². The zero-order valence-electron chi connectivity index (χ0n) is 24.1. The van der Waals surface area contributed by atoms with Crippen LogP contribution in [0.15, 0.2) is 72.8 Å². The van der Waals surface area contributed by atoms with Gasteiger partial charge in [0.1, 0.15) is 0 Å². The number of carbonyl (C=O) groups excluding carboxylic acids is 1. The van der Waals surface area contributed by atoms with E-state index in [-0.39, 0.29) is 42.9 Å². The van der Waals surface area contributed by atoms with Crippen molar-refractivity contribution in [2.45, 2.75) is 56.4 Å². The standard InChI is InChI=1S/C33H33Cl2N3O5S/c1-33(17-30(39)40)16-28(25-6-3-7-27(35)15-25)31(24-10-12-26(34)13-11-24)38(32(33)41)29(23-8-9-23)19-37-44(42,43)20-22-5-2-4-21(14-22)18-36/h2-7,10-15,23,28-29,31,37H,8-9,16-17,19-20H2,1H3,(H,39,40). The van der Waals surface area contributed by atoms with Gasteiger partial charge in [0.25, 0.3) is 0 Å². The summed E-state index contributed by atoms with van der Waals surface area (Å²) in [5.41, 5.74) is 1.27. The molecule has 0 bridgehead atoms. The number of hydrogen-bond donors (Lipinski definition) is 2. The maximum atomic E-state index is 14.5. The van der Waals surface area contributed by atoms with Crippen LogP contribution in [0.2, 0.25) is 10.0 Å². The number of piperidine rings is 1. The number of carboxylic acids is 1. The number of hydrogen-bond acceptors (Lipinski definition) is 5. The number of sulfonamides is 1. The van der Waals surface area contributed by atoms with Gasteiger partial charge in [-0.3, -0.25) is 9.59 Å². The lowest BCUT2D eigenvalue weighted by Gasteiger charge is -2.52. The molecule has 230 valence electrons. The van der Waals surface area contributed by atoms with E-state index in [1.54, 1.807) is 48.2 Å². The molecule has 2 N–H and O–H groups in total. The molecular formula is C33H33Cl2N3O5S. The molecule has 1 aliphatic carbocycles. The molecule has 4 atom stereocenters. The molecule has 1 heterocycles. The van der Waals surface area contributed by atoms with Crippen LogP contribution in [0.3, 0.4) is 0 Å². The number of likely N-dealkylation sites (tertiary alicyclic amines) is 1. The maximum absolute atomic E-state index is 14.5. The Morgan fingerprint density at radius 3 is 2.41 bits per heavy atom. The Balaban J connectivity index is 1.56. The van der Waals surface area contributed by atoms with E-state index < -0.39 is 33.5 Å². The van der Waals surface area contributed by atoms with Crippen molar-refractivity contribution in [3.05, 3.63) is 105 Å². The van der Waals surface area contributed by atoms with Crippen molar-refractivity contribution in [3.8, 4) is 6.07 Å². The number of aliphatic carboxylic acids is 1. The zero-order valence-corrected chi connectivity index (χ0v) is 26.4. The Hall–Kier alpha value is -3.42. The number of halogens is 2. The summed E-state index contributed by atoms with van der Waals surface area (Å²) in [4.78, 5) is 28.4. The van der Waals surface area contributed by atoms with E-state index in [9.17, 15) is 28.4 Å². The van der Waals surface area contributed by atoms with Crippen molar-refractivity contribution in [1.29, 1.82) is 5.26 Å². The van der Waals surface area contributed by atoms with Gasteiger partial charge in [0.05, 0.1) is 35.3 Å². The van der Waals surface area contributed by atoms with Gasteiger partial charge in [0, 0.05) is 28.5 Å². The number of carbonyl (C=O) groups is 2. The Morgan fingerprint density at radius 1 is 1.07 bits per heavy atom. The SMILES string of the molecule is CC1(CC(=O)O)CC(c2cccc(Cl)c2)C(c2ccc(Cl)cc2)N(C(CNS(=O)(=O)Cc2cccc(C#N)c2)C2CC2)C1=O. The lowest BCUT2D eigenvalue weighted by molar-refractivity contribution is -0.161. The number of nitrogens with zero attached hydrogens (tertiary/aromatic N) is 2. The number of rotatable bonds is 11. The number of benzene rings is 3. The van der Waals surface area contributed by atoms with Crippen molar-refractivity contribution in [3.63, 3.8) is 0 Å². The Bertz CT molecular complexity index is 1700. The minimum atomic E-state index is -3.85. The molecule has 3 aromatic rings. The molecule has 11 heteroatoms. The average molecular weight is 655 g/mol. The molecule has 0 radical (unpaired) electrons. The van der Waals surface area contributed by atoms with Gasteiger partial charge in [-0.25, -0.2) is 13.1 Å². The number of nitriles is 1. The summed E-state index contributed by atoms with van der Waals surface area (Å²) in [5, 5.41) is 20.2. The van der Waals surface area contributed by atoms with E-state index in [0.717, 1.165) is 24.0 Å². The number of nitrogens with one attached hydrogen (secondary N) is 1. The van der Waals surface area contributed by atoms with Crippen molar-refractivity contribution in [2.75, 3.05) is 6.54 Å². The third-order valence-corrected chi connectivity index (χ3v) is 10.4. The average Bonchev–Trinajstić information content (AvgIpc) is 3.81. The largest absolute Gasteiger partial charge is 0.481 e. The molecule has 1 amide bonds. The molecule has 2 fully saturated rings. The summed E-state index contributed by atoms with van der Waals surface area (Å²) in [5.74, 6) is -2.03. The zero-order chi connectivity index (χ0) is 31.6. The molecule has 0 aromatic heterocycles. The molecule has 1 saturated carbocycles. The minimum Gasteiger partial charge on any atom is -0.481 e. The Labute approximate surface area is 267 Å². The van der Waals surface area contributed by atoms with E-state index in [2.05, 4.69) is 4.72 Å². The molecule has 8 nitrogen and oxygen atoms in total. The molecule has 5 rings (SSSR count). The van der Waals surface area contributed by atoms with E-state index in [4.69, 9.17) is 23.2 Å². The highest BCUT2D eigenvalue weighted by atomic mass is 35.5. The van der Waals surface area contributed by atoms with Crippen LogP contribution in [0.1, 0.15) is 66.8 Å². The molecule has 0 spiro atoms. The second-order valence-corrected chi connectivity index (χ2v) is 14.7. The van der Waals surface area contributed by atoms with Crippen LogP contribution < -0.4 is 4.72 Å². The molecule has 3 aromatic carbocycles. The summed E-state index contributed by atoms with van der Waals surface area (Å²) >= 11 is 12.7. The van der Waals surface area contributed by atoms with Gasteiger partial charge in [-0.1, -0.05) is 66.5 Å². The third kappa shape index (κ3) is 7.27. The first-order valence-electron chi connectivity index (χ1n) is 14.4. The molecule has 44 heavy (non-hydrogen) atoms. The molecule has 2 aliphatic rings. The van der Waals surface area contributed by atoms with Crippen molar-refractivity contribution < 1.29 is 23.1 Å². The summed E-state index contributed by atoms with van der Waals surface area (Å²) in [6, 6.07) is 22.0. The fraction of sp³-hybridized carbons (Fsp3) is 0.364. The summed E-state index contributed by atoms with van der Waals surface area (Å²) in [6.07, 6.45) is 1.52. The second kappa shape index (κ2) is 12.9. The summed E-state index contributed by atoms with van der Waals surface area (Å²) in [6.45, 7) is 1.65. The van der Waals surface area contributed by atoms with Crippen LogP contribution in [0, 0.1) is 22.7 Å². The van der Waals surface area contributed by atoms with Gasteiger partial charge in [-0.15, -0.1) is 0 Å². The van der Waals surface area contributed by atoms with Gasteiger partial charge in [-0.2, -0.15) is 5.26 Å². The van der Waals surface area contributed by atoms with Crippen LogP contribution in [-0.2, 0) is 25.4 Å². The van der Waals surface area contributed by atoms with Gasteiger partial charge in [-0.05, 0) is 78.3 Å². The van der Waals surface area contributed by atoms with E-state index >= 15 is 0 Å². The Kier molecular flexibility index (Phi) is 9.38. The highest BCUT2D eigenvalue weighted by molar-refractivity contribution is 7.88. The Morgan fingerprint density at radius 2 is 1.77 bits per heavy atom. The fourth-order valence-electron chi connectivity index (χ4n) is 6.43. The lowest BCUT2D eigenvalue weighted by atomic mass is 9.67.